The SMILES string of the molecule is COc1ccc(NC(C)=O)cc1NC(=O)NCc1cccnc1. The summed E-state index contributed by atoms with van der Waals surface area (Å²) in [5, 5.41) is 8.08. The summed E-state index contributed by atoms with van der Waals surface area (Å²) in [7, 11) is 1.51. The van der Waals surface area contributed by atoms with Crippen molar-refractivity contribution in [1.82, 2.24) is 10.3 Å². The predicted molar refractivity (Wildman–Crippen MR) is 87.4 cm³/mol. The first kappa shape index (κ1) is 16.3. The van der Waals surface area contributed by atoms with Gasteiger partial charge in [0.2, 0.25) is 5.91 Å². The Hall–Kier alpha value is -3.09. The largest absolute Gasteiger partial charge is 0.495 e. The summed E-state index contributed by atoms with van der Waals surface area (Å²) in [5.74, 6) is 0.303. The van der Waals surface area contributed by atoms with Crippen molar-refractivity contribution in [3.05, 3.63) is 48.3 Å². The van der Waals surface area contributed by atoms with Crippen molar-refractivity contribution in [3.8, 4) is 5.75 Å². The van der Waals surface area contributed by atoms with Crippen LogP contribution in [-0.4, -0.2) is 24.0 Å². The number of benzene rings is 1. The van der Waals surface area contributed by atoms with Crippen LogP contribution in [0, 0.1) is 0 Å². The molecule has 0 radical (unpaired) electrons. The van der Waals surface area contributed by atoms with E-state index in [4.69, 9.17) is 4.74 Å². The quantitative estimate of drug-likeness (QED) is 0.790. The van der Waals surface area contributed by atoms with E-state index in [1.807, 2.05) is 6.07 Å². The Bertz CT molecular complexity index is 689. The average molecular weight is 314 g/mol. The van der Waals surface area contributed by atoms with E-state index in [2.05, 4.69) is 20.9 Å². The molecular weight excluding hydrogens is 296 g/mol. The van der Waals surface area contributed by atoms with Crippen molar-refractivity contribution in [2.75, 3.05) is 17.7 Å². The van der Waals surface area contributed by atoms with Gasteiger partial charge in [0, 0.05) is 31.5 Å². The number of nitrogens with one attached hydrogen (secondary N) is 3. The van der Waals surface area contributed by atoms with Crippen LogP contribution in [0.15, 0.2) is 42.7 Å². The average Bonchev–Trinajstić information content (AvgIpc) is 2.54. The Morgan fingerprint density at radius 2 is 2.04 bits per heavy atom. The summed E-state index contributed by atoms with van der Waals surface area (Å²) in [6, 6.07) is 8.28. The lowest BCUT2D eigenvalue weighted by Gasteiger charge is -2.13. The molecule has 7 nitrogen and oxygen atoms in total. The number of aromatic nitrogens is 1. The van der Waals surface area contributed by atoms with Crippen LogP contribution in [0.5, 0.6) is 5.75 Å². The lowest BCUT2D eigenvalue weighted by Crippen LogP contribution is -2.28. The maximum Gasteiger partial charge on any atom is 0.319 e. The number of pyridine rings is 1. The molecule has 3 N–H and O–H groups in total. The fourth-order valence-electron chi connectivity index (χ4n) is 1.94. The number of urea groups is 1. The molecule has 0 aliphatic carbocycles. The fraction of sp³-hybridized carbons (Fsp3) is 0.188. The summed E-state index contributed by atoms with van der Waals surface area (Å²) in [6.45, 7) is 1.77. The summed E-state index contributed by atoms with van der Waals surface area (Å²) in [6.07, 6.45) is 3.35. The summed E-state index contributed by atoms with van der Waals surface area (Å²) < 4.78 is 5.20. The van der Waals surface area contributed by atoms with Gasteiger partial charge in [0.1, 0.15) is 5.75 Å². The highest BCUT2D eigenvalue weighted by Crippen LogP contribution is 2.27. The molecule has 2 rings (SSSR count). The fourth-order valence-corrected chi connectivity index (χ4v) is 1.94. The second-order valence-corrected chi connectivity index (χ2v) is 4.77. The predicted octanol–water partition coefficient (Wildman–Crippen LogP) is 2.37. The first-order valence-electron chi connectivity index (χ1n) is 6.98. The number of carbonyl (C=O) groups excluding carboxylic acids is 2. The number of nitrogens with zero attached hydrogens (tertiary/aromatic N) is 1. The van der Waals surface area contributed by atoms with Crippen molar-refractivity contribution >= 4 is 23.3 Å². The van der Waals surface area contributed by atoms with Crippen molar-refractivity contribution in [1.29, 1.82) is 0 Å². The lowest BCUT2D eigenvalue weighted by atomic mass is 10.2. The number of anilines is 2. The van der Waals surface area contributed by atoms with E-state index < -0.39 is 0 Å². The molecule has 0 unspecified atom stereocenters. The van der Waals surface area contributed by atoms with Gasteiger partial charge in [0.05, 0.1) is 12.8 Å². The monoisotopic (exact) mass is 314 g/mol. The van der Waals surface area contributed by atoms with Crippen LogP contribution in [0.4, 0.5) is 16.2 Å². The third-order valence-corrected chi connectivity index (χ3v) is 2.94. The van der Waals surface area contributed by atoms with Gasteiger partial charge in [0.25, 0.3) is 0 Å². The van der Waals surface area contributed by atoms with Crippen LogP contribution < -0.4 is 20.7 Å². The normalized spacial score (nSPS) is 9.83. The molecule has 1 heterocycles. The van der Waals surface area contributed by atoms with Crippen LogP contribution in [0.1, 0.15) is 12.5 Å². The van der Waals surface area contributed by atoms with Crippen LogP contribution in [0.3, 0.4) is 0 Å². The standard InChI is InChI=1S/C16H18N4O3/c1-11(21)19-13-5-6-15(23-2)14(8-13)20-16(22)18-10-12-4-3-7-17-9-12/h3-9H,10H2,1-2H3,(H,19,21)(H2,18,20,22). The molecule has 0 spiro atoms. The molecular formula is C16H18N4O3. The van der Waals surface area contributed by atoms with Crippen LogP contribution >= 0.6 is 0 Å². The molecule has 0 saturated heterocycles. The number of methoxy groups -OCH3 is 1. The van der Waals surface area contributed by atoms with E-state index in [1.165, 1.54) is 14.0 Å². The molecule has 120 valence electrons. The number of hydrogen-bond acceptors (Lipinski definition) is 4. The van der Waals surface area contributed by atoms with Gasteiger partial charge in [-0.3, -0.25) is 9.78 Å². The minimum absolute atomic E-state index is 0.192. The molecule has 0 atom stereocenters. The Morgan fingerprint density at radius 3 is 2.70 bits per heavy atom. The van der Waals surface area contributed by atoms with Crippen LogP contribution in [-0.2, 0) is 11.3 Å². The van der Waals surface area contributed by atoms with Crippen molar-refractivity contribution in [2.24, 2.45) is 0 Å². The van der Waals surface area contributed by atoms with E-state index in [0.717, 1.165) is 5.56 Å². The summed E-state index contributed by atoms with van der Waals surface area (Å²) >= 11 is 0. The third-order valence-electron chi connectivity index (χ3n) is 2.94. The summed E-state index contributed by atoms with van der Waals surface area (Å²) in [4.78, 5) is 27.1. The van der Waals surface area contributed by atoms with Crippen LogP contribution in [0.2, 0.25) is 0 Å². The highest BCUT2D eigenvalue weighted by molar-refractivity contribution is 5.94. The number of amides is 3. The van der Waals surface area contributed by atoms with Gasteiger partial charge in [-0.2, -0.15) is 0 Å². The van der Waals surface area contributed by atoms with Gasteiger partial charge in [-0.05, 0) is 29.8 Å². The Balaban J connectivity index is 2.02. The number of rotatable bonds is 5. The maximum absolute atomic E-state index is 12.0. The van der Waals surface area contributed by atoms with E-state index in [-0.39, 0.29) is 11.9 Å². The van der Waals surface area contributed by atoms with Crippen LogP contribution in [0.25, 0.3) is 0 Å². The topological polar surface area (TPSA) is 92.4 Å². The molecule has 1 aromatic heterocycles. The zero-order valence-electron chi connectivity index (χ0n) is 12.9. The second kappa shape index (κ2) is 7.79. The van der Waals surface area contributed by atoms with E-state index in [0.29, 0.717) is 23.7 Å². The first-order chi connectivity index (χ1) is 11.1. The van der Waals surface area contributed by atoms with E-state index >= 15 is 0 Å². The molecule has 2 aromatic rings. The Morgan fingerprint density at radius 1 is 1.22 bits per heavy atom. The van der Waals surface area contributed by atoms with Gasteiger partial charge in [-0.1, -0.05) is 6.07 Å². The highest BCUT2D eigenvalue weighted by atomic mass is 16.5. The zero-order chi connectivity index (χ0) is 16.7. The number of ether oxygens (including phenoxy) is 1. The third kappa shape index (κ3) is 4.99. The smallest absolute Gasteiger partial charge is 0.319 e. The Labute approximate surface area is 134 Å². The maximum atomic E-state index is 12.0. The van der Waals surface area contributed by atoms with E-state index in [9.17, 15) is 9.59 Å². The molecule has 0 saturated carbocycles. The molecule has 7 heteroatoms. The van der Waals surface area contributed by atoms with E-state index in [1.54, 1.807) is 36.7 Å². The van der Waals surface area contributed by atoms with Gasteiger partial charge in [0.15, 0.2) is 0 Å². The number of carbonyl (C=O) groups is 2. The Kier molecular flexibility index (Phi) is 5.51. The van der Waals surface area contributed by atoms with Gasteiger partial charge in [-0.25, -0.2) is 4.79 Å². The molecule has 0 aliphatic heterocycles. The first-order valence-corrected chi connectivity index (χ1v) is 6.98. The molecule has 1 aromatic carbocycles. The van der Waals surface area contributed by atoms with Gasteiger partial charge < -0.3 is 20.7 Å². The van der Waals surface area contributed by atoms with Gasteiger partial charge >= 0.3 is 6.03 Å². The van der Waals surface area contributed by atoms with Gasteiger partial charge in [-0.15, -0.1) is 0 Å². The minimum Gasteiger partial charge on any atom is -0.495 e. The molecule has 23 heavy (non-hydrogen) atoms. The minimum atomic E-state index is -0.382. The lowest BCUT2D eigenvalue weighted by molar-refractivity contribution is -0.114. The molecule has 0 aliphatic rings. The van der Waals surface area contributed by atoms with Crippen molar-refractivity contribution in [3.63, 3.8) is 0 Å². The molecule has 0 bridgehead atoms. The van der Waals surface area contributed by atoms with Crippen molar-refractivity contribution < 1.29 is 14.3 Å². The zero-order valence-corrected chi connectivity index (χ0v) is 12.9. The molecule has 0 fully saturated rings. The second-order valence-electron chi connectivity index (χ2n) is 4.77. The molecule has 3 amide bonds. The summed E-state index contributed by atoms with van der Waals surface area (Å²) in [5.41, 5.74) is 1.92. The van der Waals surface area contributed by atoms with Crippen molar-refractivity contribution in [2.45, 2.75) is 13.5 Å². The highest BCUT2D eigenvalue weighted by Gasteiger charge is 2.09. The number of hydrogen-bond donors (Lipinski definition) is 3.